The first-order valence-electron chi connectivity index (χ1n) is 11.7. The van der Waals surface area contributed by atoms with Crippen molar-refractivity contribution >= 4 is 21.9 Å². The van der Waals surface area contributed by atoms with Crippen molar-refractivity contribution in [1.82, 2.24) is 9.21 Å². The fourth-order valence-corrected chi connectivity index (χ4v) is 5.68. The van der Waals surface area contributed by atoms with Crippen molar-refractivity contribution in [2.45, 2.75) is 69.5 Å². The Morgan fingerprint density at radius 1 is 1.11 bits per heavy atom. The number of carbonyl (C=O) groups excluding carboxylic acids is 2. The summed E-state index contributed by atoms with van der Waals surface area (Å²) in [5.74, 6) is -1.43. The van der Waals surface area contributed by atoms with E-state index in [0.29, 0.717) is 18.5 Å². The minimum Gasteiger partial charge on any atom is -0.508 e. The molecule has 0 aromatic heterocycles. The molecular weight excluding hydrogens is 468 g/mol. The van der Waals surface area contributed by atoms with Crippen LogP contribution in [0.25, 0.3) is 0 Å². The fraction of sp³-hybridized carbons (Fsp3) is 0.462. The lowest BCUT2D eigenvalue weighted by Gasteiger charge is -2.34. The van der Waals surface area contributed by atoms with Crippen molar-refractivity contribution in [2.24, 2.45) is 0 Å². The normalized spacial score (nSPS) is 17.7. The van der Waals surface area contributed by atoms with Gasteiger partial charge in [-0.1, -0.05) is 29.8 Å². The molecule has 1 fully saturated rings. The molecule has 8 nitrogen and oxygen atoms in total. The van der Waals surface area contributed by atoms with Gasteiger partial charge in [0, 0.05) is 6.42 Å². The first-order chi connectivity index (χ1) is 16.3. The molecule has 35 heavy (non-hydrogen) atoms. The van der Waals surface area contributed by atoms with Crippen LogP contribution >= 0.6 is 0 Å². The van der Waals surface area contributed by atoms with Gasteiger partial charge in [-0.3, -0.25) is 9.69 Å². The zero-order valence-corrected chi connectivity index (χ0v) is 21.7. The van der Waals surface area contributed by atoms with Gasteiger partial charge >= 0.3 is 5.97 Å². The molecule has 1 aliphatic rings. The number of rotatable bonds is 7. The Morgan fingerprint density at radius 3 is 2.23 bits per heavy atom. The highest BCUT2D eigenvalue weighted by Crippen LogP contribution is 2.28. The monoisotopic (exact) mass is 502 g/mol. The Hall–Kier alpha value is -2.91. The Morgan fingerprint density at radius 2 is 1.71 bits per heavy atom. The minimum atomic E-state index is -4.40. The average molecular weight is 503 g/mol. The lowest BCUT2D eigenvalue weighted by atomic mass is 10.0. The number of sulfonamides is 1. The van der Waals surface area contributed by atoms with Crippen molar-refractivity contribution < 1.29 is 27.9 Å². The summed E-state index contributed by atoms with van der Waals surface area (Å²) >= 11 is 0. The number of aryl methyl sites for hydroxylation is 1. The molecule has 0 radical (unpaired) electrons. The largest absolute Gasteiger partial charge is 0.508 e. The summed E-state index contributed by atoms with van der Waals surface area (Å²) in [5.41, 5.74) is 0.553. The number of aromatic hydroxyl groups is 1. The summed E-state index contributed by atoms with van der Waals surface area (Å²) in [6, 6.07) is 10.2. The lowest BCUT2D eigenvalue weighted by Crippen LogP contribution is -2.55. The number of likely N-dealkylation sites (tertiary alicyclic amines) is 1. The smallest absolute Gasteiger partial charge is 0.330 e. The summed E-state index contributed by atoms with van der Waals surface area (Å²) in [6.07, 6.45) is 1.15. The molecule has 2 aromatic carbocycles. The van der Waals surface area contributed by atoms with Crippen LogP contribution in [0.4, 0.5) is 0 Å². The van der Waals surface area contributed by atoms with Gasteiger partial charge in [0.15, 0.2) is 0 Å². The van der Waals surface area contributed by atoms with E-state index in [4.69, 9.17) is 4.74 Å². The number of hydrogen-bond donors (Lipinski definition) is 1. The van der Waals surface area contributed by atoms with Crippen LogP contribution in [-0.2, 0) is 30.8 Å². The van der Waals surface area contributed by atoms with Gasteiger partial charge in [0.25, 0.3) is 15.9 Å². The zero-order valence-electron chi connectivity index (χ0n) is 20.9. The number of carbonyl (C=O) groups is 2. The maximum atomic E-state index is 13.9. The van der Waals surface area contributed by atoms with Gasteiger partial charge < -0.3 is 9.84 Å². The van der Waals surface area contributed by atoms with E-state index in [1.807, 2.05) is 11.8 Å². The Kier molecular flexibility index (Phi) is 7.91. The number of hydrogen-bond acceptors (Lipinski definition) is 7. The number of esters is 1. The fourth-order valence-electron chi connectivity index (χ4n) is 4.12. The molecule has 0 spiro atoms. The number of likely N-dealkylation sites (N-methyl/N-ethyl adjacent to an activating group) is 1. The lowest BCUT2D eigenvalue weighted by molar-refractivity contribution is -0.162. The Balaban J connectivity index is 2.15. The van der Waals surface area contributed by atoms with Crippen molar-refractivity contribution in [2.75, 3.05) is 13.6 Å². The Labute approximate surface area is 207 Å². The van der Waals surface area contributed by atoms with Crippen LogP contribution in [0.5, 0.6) is 5.75 Å². The van der Waals surface area contributed by atoms with Crippen molar-refractivity contribution in [3.05, 3.63) is 59.7 Å². The van der Waals surface area contributed by atoms with Crippen LogP contribution in [0.1, 0.15) is 44.7 Å². The highest BCUT2D eigenvalue weighted by atomic mass is 32.2. The second kappa shape index (κ2) is 10.4. The van der Waals surface area contributed by atoms with E-state index in [-0.39, 0.29) is 17.1 Å². The maximum Gasteiger partial charge on any atom is 0.330 e. The third kappa shape index (κ3) is 6.41. The van der Waals surface area contributed by atoms with E-state index in [2.05, 4.69) is 0 Å². The first kappa shape index (κ1) is 26.7. The molecule has 0 unspecified atom stereocenters. The summed E-state index contributed by atoms with van der Waals surface area (Å²) in [5, 5.41) is 9.67. The van der Waals surface area contributed by atoms with Crippen LogP contribution in [0.15, 0.2) is 53.4 Å². The van der Waals surface area contributed by atoms with Gasteiger partial charge in [-0.15, -0.1) is 0 Å². The van der Waals surface area contributed by atoms with E-state index in [0.717, 1.165) is 16.3 Å². The molecule has 9 heteroatoms. The van der Waals surface area contributed by atoms with Crippen molar-refractivity contribution in [3.8, 4) is 5.75 Å². The number of ether oxygens (including phenoxy) is 1. The second-order valence-corrected chi connectivity index (χ2v) is 11.8. The number of benzene rings is 2. The van der Waals surface area contributed by atoms with Crippen molar-refractivity contribution in [1.29, 1.82) is 0 Å². The standard InChI is InChI=1S/C26H34N2O6S/c1-18-8-14-21(15-9-18)35(32,33)28(24(30)22-7-6-16-27(22)5)23(25(31)34-26(2,3)4)17-19-10-12-20(29)13-11-19/h8-15,22-23,29H,6-7,16-17H2,1-5H3/t22-,23-/m0/s1. The third-order valence-electron chi connectivity index (χ3n) is 5.93. The predicted octanol–water partition coefficient (Wildman–Crippen LogP) is 3.27. The molecule has 3 rings (SSSR count). The van der Waals surface area contributed by atoms with E-state index >= 15 is 0 Å². The molecule has 1 saturated heterocycles. The van der Waals surface area contributed by atoms with Crippen LogP contribution in [0.3, 0.4) is 0 Å². The average Bonchev–Trinajstić information content (AvgIpc) is 3.19. The topological polar surface area (TPSA) is 104 Å². The van der Waals surface area contributed by atoms with E-state index in [9.17, 15) is 23.1 Å². The van der Waals surface area contributed by atoms with E-state index < -0.39 is 39.6 Å². The first-order valence-corrected chi connectivity index (χ1v) is 13.1. The molecule has 1 N–H and O–H groups in total. The molecule has 190 valence electrons. The quantitative estimate of drug-likeness (QED) is 0.580. The molecule has 0 saturated carbocycles. The Bertz CT molecular complexity index is 1150. The summed E-state index contributed by atoms with van der Waals surface area (Å²) in [6.45, 7) is 7.56. The number of amides is 1. The van der Waals surface area contributed by atoms with Crippen LogP contribution < -0.4 is 0 Å². The van der Waals surface area contributed by atoms with Gasteiger partial charge in [-0.25, -0.2) is 17.5 Å². The molecule has 1 amide bonds. The number of nitrogens with zero attached hydrogens (tertiary/aromatic N) is 2. The number of phenols is 1. The van der Waals surface area contributed by atoms with Crippen LogP contribution in [-0.4, -0.2) is 65.9 Å². The van der Waals surface area contributed by atoms with Gasteiger partial charge in [0.2, 0.25) is 0 Å². The zero-order chi connectivity index (χ0) is 26.0. The molecule has 0 aliphatic carbocycles. The van der Waals surface area contributed by atoms with Crippen LogP contribution in [0, 0.1) is 6.92 Å². The SMILES string of the molecule is Cc1ccc(S(=O)(=O)N(C(=O)[C@@H]2CCCN2C)[C@@H](Cc2ccc(O)cc2)C(=O)OC(C)(C)C)cc1. The molecule has 2 atom stereocenters. The highest BCUT2D eigenvalue weighted by Gasteiger charge is 2.45. The van der Waals surface area contributed by atoms with E-state index in [1.165, 1.54) is 24.3 Å². The van der Waals surface area contributed by atoms with Gasteiger partial charge in [0.05, 0.1) is 10.9 Å². The summed E-state index contributed by atoms with van der Waals surface area (Å²) < 4.78 is 34.2. The molecular formula is C26H34N2O6S. The molecule has 1 heterocycles. The molecule has 1 aliphatic heterocycles. The molecule has 0 bridgehead atoms. The minimum absolute atomic E-state index is 0.0374. The summed E-state index contributed by atoms with van der Waals surface area (Å²) in [7, 11) is -2.63. The van der Waals surface area contributed by atoms with Gasteiger partial charge in [-0.2, -0.15) is 0 Å². The maximum absolute atomic E-state index is 13.9. The van der Waals surface area contributed by atoms with E-state index in [1.54, 1.807) is 52.1 Å². The summed E-state index contributed by atoms with van der Waals surface area (Å²) in [4.78, 5) is 29.1. The third-order valence-corrected chi connectivity index (χ3v) is 7.75. The van der Waals surface area contributed by atoms with Crippen molar-refractivity contribution in [3.63, 3.8) is 0 Å². The second-order valence-electron chi connectivity index (χ2n) is 10.0. The predicted molar refractivity (Wildman–Crippen MR) is 132 cm³/mol. The highest BCUT2D eigenvalue weighted by molar-refractivity contribution is 7.89. The van der Waals surface area contributed by atoms with Gasteiger partial charge in [-0.05, 0) is 84.0 Å². The number of phenolic OH excluding ortho intramolecular Hbond substituents is 1. The van der Waals surface area contributed by atoms with Crippen LogP contribution in [0.2, 0.25) is 0 Å². The van der Waals surface area contributed by atoms with Gasteiger partial charge in [0.1, 0.15) is 17.4 Å². The molecule has 2 aromatic rings.